The van der Waals surface area contributed by atoms with Crippen molar-refractivity contribution in [1.29, 1.82) is 0 Å². The summed E-state index contributed by atoms with van der Waals surface area (Å²) in [4.78, 5) is 0. The second kappa shape index (κ2) is 8.93. The molecular weight excluding hydrogens is 304 g/mol. The number of halogens is 2. The molecule has 0 saturated heterocycles. The molecule has 3 heteroatoms. The van der Waals surface area contributed by atoms with Crippen molar-refractivity contribution in [2.24, 2.45) is 0 Å². The average Bonchev–Trinajstić information content (AvgIpc) is 2.56. The average molecular weight is 331 g/mol. The zero-order chi connectivity index (χ0) is 17.5. The van der Waals surface area contributed by atoms with Gasteiger partial charge in [-0.1, -0.05) is 37.1 Å². The lowest BCUT2D eigenvalue weighted by Crippen LogP contribution is -2.23. The van der Waals surface area contributed by atoms with Gasteiger partial charge in [0, 0.05) is 6.04 Å². The van der Waals surface area contributed by atoms with E-state index in [-0.39, 0.29) is 11.6 Å². The van der Waals surface area contributed by atoms with Crippen molar-refractivity contribution in [3.05, 3.63) is 70.3 Å². The van der Waals surface area contributed by atoms with Gasteiger partial charge in [-0.3, -0.25) is 0 Å². The highest BCUT2D eigenvalue weighted by molar-refractivity contribution is 5.33. The standard InChI is InChI=1S/C21H27F2N/c1-4-6-21(19-13-15(2)8-9-16(19)3)24-12-5-7-17-14-18(22)10-11-20(17)23/h8-11,13-14,21,24H,4-7,12H2,1-3H3. The Balaban J connectivity index is 1.94. The van der Waals surface area contributed by atoms with Gasteiger partial charge < -0.3 is 5.32 Å². The molecule has 2 rings (SSSR count). The van der Waals surface area contributed by atoms with E-state index in [1.165, 1.54) is 28.8 Å². The highest BCUT2D eigenvalue weighted by Crippen LogP contribution is 2.23. The van der Waals surface area contributed by atoms with E-state index >= 15 is 0 Å². The molecule has 2 aromatic rings. The summed E-state index contributed by atoms with van der Waals surface area (Å²) in [6.45, 7) is 7.22. The summed E-state index contributed by atoms with van der Waals surface area (Å²) in [5.74, 6) is -0.699. The maximum Gasteiger partial charge on any atom is 0.126 e. The third kappa shape index (κ3) is 5.13. The molecule has 0 fully saturated rings. The van der Waals surface area contributed by atoms with Gasteiger partial charge in [-0.15, -0.1) is 0 Å². The molecule has 0 spiro atoms. The Kier molecular flexibility index (Phi) is 6.92. The molecule has 0 aliphatic carbocycles. The predicted molar refractivity (Wildman–Crippen MR) is 96.2 cm³/mol. The maximum absolute atomic E-state index is 13.7. The summed E-state index contributed by atoms with van der Waals surface area (Å²) in [5.41, 5.74) is 4.35. The van der Waals surface area contributed by atoms with Crippen LogP contribution in [0.3, 0.4) is 0 Å². The van der Waals surface area contributed by atoms with E-state index in [0.717, 1.165) is 31.9 Å². The summed E-state index contributed by atoms with van der Waals surface area (Å²) in [6.07, 6.45) is 3.50. The largest absolute Gasteiger partial charge is 0.310 e. The molecule has 130 valence electrons. The van der Waals surface area contributed by atoms with Crippen molar-refractivity contribution in [2.75, 3.05) is 6.54 Å². The van der Waals surface area contributed by atoms with Crippen LogP contribution in [0, 0.1) is 25.5 Å². The van der Waals surface area contributed by atoms with Crippen LogP contribution in [-0.4, -0.2) is 6.54 Å². The molecule has 0 aliphatic rings. The highest BCUT2D eigenvalue weighted by Gasteiger charge is 2.13. The van der Waals surface area contributed by atoms with Crippen molar-refractivity contribution in [3.8, 4) is 0 Å². The van der Waals surface area contributed by atoms with Gasteiger partial charge >= 0.3 is 0 Å². The van der Waals surface area contributed by atoms with Gasteiger partial charge in [-0.2, -0.15) is 0 Å². The first-order chi connectivity index (χ1) is 11.5. The minimum atomic E-state index is -0.376. The normalized spacial score (nSPS) is 12.4. The van der Waals surface area contributed by atoms with E-state index in [1.54, 1.807) is 0 Å². The zero-order valence-corrected chi connectivity index (χ0v) is 14.8. The first-order valence-electron chi connectivity index (χ1n) is 8.75. The summed E-state index contributed by atoms with van der Waals surface area (Å²) in [6, 6.07) is 10.5. The fourth-order valence-corrected chi connectivity index (χ4v) is 3.08. The lowest BCUT2D eigenvalue weighted by Gasteiger charge is -2.21. The van der Waals surface area contributed by atoms with Crippen molar-refractivity contribution < 1.29 is 8.78 Å². The lowest BCUT2D eigenvalue weighted by atomic mass is 9.95. The van der Waals surface area contributed by atoms with Crippen molar-refractivity contribution in [1.82, 2.24) is 5.32 Å². The molecule has 0 amide bonds. The van der Waals surface area contributed by atoms with Gasteiger partial charge in [-0.25, -0.2) is 8.78 Å². The summed E-state index contributed by atoms with van der Waals surface area (Å²) in [7, 11) is 0. The first kappa shape index (κ1) is 18.6. The Labute approximate surface area is 144 Å². The van der Waals surface area contributed by atoms with E-state index in [1.807, 2.05) is 0 Å². The third-order valence-electron chi connectivity index (χ3n) is 4.41. The maximum atomic E-state index is 13.7. The number of hydrogen-bond acceptors (Lipinski definition) is 1. The Morgan fingerprint density at radius 3 is 2.58 bits per heavy atom. The van der Waals surface area contributed by atoms with Gasteiger partial charge in [0.05, 0.1) is 0 Å². The number of rotatable bonds is 8. The fourth-order valence-electron chi connectivity index (χ4n) is 3.08. The van der Waals surface area contributed by atoms with Crippen LogP contribution < -0.4 is 5.32 Å². The molecule has 0 radical (unpaired) electrons. The third-order valence-corrected chi connectivity index (χ3v) is 4.41. The van der Waals surface area contributed by atoms with Crippen molar-refractivity contribution in [2.45, 2.75) is 52.5 Å². The van der Waals surface area contributed by atoms with E-state index < -0.39 is 0 Å². The summed E-state index contributed by atoms with van der Waals surface area (Å²) >= 11 is 0. The predicted octanol–water partition coefficient (Wildman–Crippen LogP) is 5.65. The molecule has 1 nitrogen and oxygen atoms in total. The number of benzene rings is 2. The van der Waals surface area contributed by atoms with Crippen LogP contribution in [0.25, 0.3) is 0 Å². The van der Waals surface area contributed by atoms with Crippen LogP contribution in [0.15, 0.2) is 36.4 Å². The SMILES string of the molecule is CCCC(NCCCc1cc(F)ccc1F)c1cc(C)ccc1C. The highest BCUT2D eigenvalue weighted by atomic mass is 19.1. The number of aryl methyl sites for hydroxylation is 3. The van der Waals surface area contributed by atoms with Crippen LogP contribution in [0.1, 0.15) is 54.5 Å². The summed E-state index contributed by atoms with van der Waals surface area (Å²) < 4.78 is 26.9. The monoisotopic (exact) mass is 331 g/mol. The smallest absolute Gasteiger partial charge is 0.126 e. The minimum Gasteiger partial charge on any atom is -0.310 e. The molecule has 24 heavy (non-hydrogen) atoms. The molecule has 0 aromatic heterocycles. The Morgan fingerprint density at radius 2 is 1.83 bits per heavy atom. The molecule has 0 heterocycles. The molecule has 1 N–H and O–H groups in total. The van der Waals surface area contributed by atoms with Crippen molar-refractivity contribution in [3.63, 3.8) is 0 Å². The van der Waals surface area contributed by atoms with E-state index in [9.17, 15) is 8.78 Å². The minimum absolute atomic E-state index is 0.312. The Bertz CT molecular complexity index is 667. The van der Waals surface area contributed by atoms with Gasteiger partial charge in [0.1, 0.15) is 11.6 Å². The molecule has 2 aromatic carbocycles. The summed E-state index contributed by atoms with van der Waals surface area (Å²) in [5, 5.41) is 3.59. The van der Waals surface area contributed by atoms with Gasteiger partial charge in [0.2, 0.25) is 0 Å². The van der Waals surface area contributed by atoms with Gasteiger partial charge in [-0.05, 0) is 74.5 Å². The van der Waals surface area contributed by atoms with Crippen LogP contribution in [0.4, 0.5) is 8.78 Å². The van der Waals surface area contributed by atoms with E-state index in [2.05, 4.69) is 44.3 Å². The lowest BCUT2D eigenvalue weighted by molar-refractivity contribution is 0.483. The van der Waals surface area contributed by atoms with Gasteiger partial charge in [0.15, 0.2) is 0 Å². The topological polar surface area (TPSA) is 12.0 Å². The molecule has 1 atom stereocenters. The fraction of sp³-hybridized carbons (Fsp3) is 0.429. The molecule has 0 bridgehead atoms. The molecule has 1 unspecified atom stereocenters. The van der Waals surface area contributed by atoms with Crippen LogP contribution >= 0.6 is 0 Å². The zero-order valence-electron chi connectivity index (χ0n) is 14.8. The van der Waals surface area contributed by atoms with Crippen LogP contribution in [0.5, 0.6) is 0 Å². The Hall–Kier alpha value is -1.74. The number of nitrogens with one attached hydrogen (secondary N) is 1. The number of hydrogen-bond donors (Lipinski definition) is 1. The van der Waals surface area contributed by atoms with E-state index in [0.29, 0.717) is 18.0 Å². The van der Waals surface area contributed by atoms with Crippen LogP contribution in [-0.2, 0) is 6.42 Å². The second-order valence-corrected chi connectivity index (χ2v) is 6.49. The van der Waals surface area contributed by atoms with Gasteiger partial charge in [0.25, 0.3) is 0 Å². The molecule has 0 saturated carbocycles. The first-order valence-corrected chi connectivity index (χ1v) is 8.75. The van der Waals surface area contributed by atoms with Crippen molar-refractivity contribution >= 4 is 0 Å². The molecule has 0 aliphatic heterocycles. The van der Waals surface area contributed by atoms with Crippen LogP contribution in [0.2, 0.25) is 0 Å². The van der Waals surface area contributed by atoms with E-state index in [4.69, 9.17) is 0 Å². The second-order valence-electron chi connectivity index (χ2n) is 6.49. The molecular formula is C21H27F2N. The quantitative estimate of drug-likeness (QED) is 0.617. The Morgan fingerprint density at radius 1 is 1.04 bits per heavy atom.